The Morgan fingerprint density at radius 2 is 1.72 bits per heavy atom. The van der Waals surface area contributed by atoms with E-state index in [9.17, 15) is 4.79 Å². The molecule has 4 N–H and O–H groups in total. The maximum Gasteiger partial charge on any atom is 0.254 e. The highest BCUT2D eigenvalue weighted by Gasteiger charge is 2.41. The first kappa shape index (κ1) is 15.4. The van der Waals surface area contributed by atoms with Crippen molar-refractivity contribution in [2.24, 2.45) is 7.05 Å². The number of benzene rings is 2. The highest BCUT2D eigenvalue weighted by Crippen LogP contribution is 2.54. The van der Waals surface area contributed by atoms with Crippen LogP contribution in [0.25, 0.3) is 11.1 Å². The van der Waals surface area contributed by atoms with Gasteiger partial charge >= 0.3 is 0 Å². The Morgan fingerprint density at radius 3 is 2.44 bits per heavy atom. The van der Waals surface area contributed by atoms with Gasteiger partial charge in [-0.3, -0.25) is 9.36 Å². The third-order valence-electron chi connectivity index (χ3n) is 4.89. The number of nitrogens with zero attached hydrogens (tertiary/aromatic N) is 2. The lowest BCUT2D eigenvalue weighted by molar-refractivity contribution is 0.813. The van der Waals surface area contributed by atoms with Crippen molar-refractivity contribution in [2.75, 3.05) is 11.5 Å². The molecule has 1 aliphatic rings. The van der Waals surface area contributed by atoms with E-state index in [2.05, 4.69) is 35.3 Å². The topological polar surface area (TPSA) is 86.9 Å². The molecule has 1 fully saturated rings. The molecular weight excluding hydrogens is 312 g/mol. The van der Waals surface area contributed by atoms with E-state index in [-0.39, 0.29) is 17.4 Å². The molecule has 126 valence electrons. The first-order chi connectivity index (χ1) is 12.0. The number of aromatic nitrogens is 2. The second kappa shape index (κ2) is 5.77. The molecule has 1 aromatic heterocycles. The van der Waals surface area contributed by atoms with E-state index in [1.807, 2.05) is 18.2 Å². The summed E-state index contributed by atoms with van der Waals surface area (Å²) in [6.07, 6.45) is 0.986. The lowest BCUT2D eigenvalue weighted by atomic mass is 9.99. The predicted octanol–water partition coefficient (Wildman–Crippen LogP) is 2.88. The van der Waals surface area contributed by atoms with Crippen molar-refractivity contribution in [3.63, 3.8) is 0 Å². The number of nitrogen functional groups attached to an aromatic ring is 2. The van der Waals surface area contributed by atoms with Crippen molar-refractivity contribution in [2.45, 2.75) is 18.3 Å². The Kier molecular flexibility index (Phi) is 3.57. The Labute approximate surface area is 145 Å². The van der Waals surface area contributed by atoms with Gasteiger partial charge in [-0.2, -0.15) is 0 Å². The maximum atomic E-state index is 11.9. The van der Waals surface area contributed by atoms with E-state index in [1.165, 1.54) is 10.1 Å². The van der Waals surface area contributed by atoms with Crippen LogP contribution in [-0.2, 0) is 7.05 Å². The third kappa shape index (κ3) is 2.89. The zero-order valence-corrected chi connectivity index (χ0v) is 14.0. The first-order valence-corrected chi connectivity index (χ1v) is 8.32. The van der Waals surface area contributed by atoms with Crippen molar-refractivity contribution in [3.05, 3.63) is 76.2 Å². The van der Waals surface area contributed by atoms with E-state index in [4.69, 9.17) is 11.5 Å². The Bertz CT molecular complexity index is 1010. The van der Waals surface area contributed by atoms with Crippen LogP contribution in [0, 0.1) is 0 Å². The summed E-state index contributed by atoms with van der Waals surface area (Å²) in [7, 11) is 1.63. The molecule has 0 unspecified atom stereocenters. The van der Waals surface area contributed by atoms with Gasteiger partial charge in [0.05, 0.1) is 5.69 Å². The van der Waals surface area contributed by atoms with Crippen molar-refractivity contribution in [3.8, 4) is 11.1 Å². The summed E-state index contributed by atoms with van der Waals surface area (Å²) in [5, 5.41) is 0. The third-order valence-corrected chi connectivity index (χ3v) is 4.89. The van der Waals surface area contributed by atoms with Crippen LogP contribution >= 0.6 is 0 Å². The van der Waals surface area contributed by atoms with Crippen molar-refractivity contribution in [1.82, 2.24) is 9.55 Å². The van der Waals surface area contributed by atoms with Crippen molar-refractivity contribution in [1.29, 1.82) is 0 Å². The van der Waals surface area contributed by atoms with Crippen LogP contribution in [0.2, 0.25) is 0 Å². The molecule has 5 nitrogen and oxygen atoms in total. The minimum absolute atomic E-state index is 0.110. The smallest absolute Gasteiger partial charge is 0.254 e. The molecule has 0 aliphatic heterocycles. The molecule has 4 rings (SSSR count). The number of nitrogens with two attached hydrogens (primary N) is 2. The van der Waals surface area contributed by atoms with E-state index in [0.29, 0.717) is 5.92 Å². The monoisotopic (exact) mass is 332 g/mol. The second-order valence-electron chi connectivity index (χ2n) is 6.64. The zero-order chi connectivity index (χ0) is 17.6. The van der Waals surface area contributed by atoms with Crippen LogP contribution in [0.15, 0.2) is 59.4 Å². The van der Waals surface area contributed by atoms with Gasteiger partial charge in [-0.05, 0) is 41.2 Å². The van der Waals surface area contributed by atoms with E-state index < -0.39 is 0 Å². The first-order valence-electron chi connectivity index (χ1n) is 8.32. The van der Waals surface area contributed by atoms with Crippen molar-refractivity contribution >= 4 is 11.6 Å². The van der Waals surface area contributed by atoms with E-state index in [0.717, 1.165) is 28.9 Å². The summed E-state index contributed by atoms with van der Waals surface area (Å²) in [6.45, 7) is 0. The lowest BCUT2D eigenvalue weighted by Crippen LogP contribution is -2.21. The molecule has 1 heterocycles. The fraction of sp³-hybridized carbons (Fsp3) is 0.200. The zero-order valence-electron chi connectivity index (χ0n) is 14.0. The summed E-state index contributed by atoms with van der Waals surface area (Å²) >= 11 is 0. The molecule has 3 aromatic rings. The number of hydrogen-bond acceptors (Lipinski definition) is 4. The van der Waals surface area contributed by atoms with Gasteiger partial charge < -0.3 is 11.5 Å². The Morgan fingerprint density at radius 1 is 1.00 bits per heavy atom. The summed E-state index contributed by atoms with van der Waals surface area (Å²) in [4.78, 5) is 16.3. The molecule has 0 saturated heterocycles. The molecule has 1 saturated carbocycles. The highest BCUT2D eigenvalue weighted by atomic mass is 16.1. The van der Waals surface area contributed by atoms with Crippen molar-refractivity contribution < 1.29 is 0 Å². The van der Waals surface area contributed by atoms with Gasteiger partial charge in [-0.1, -0.05) is 36.4 Å². The molecular formula is C20H20N4O. The standard InChI is InChI=1S/C20H20N4O/c1-24-19(25)11-18(23-20(24)22)17-10-16(17)14-6-2-4-12(8-14)13-5-3-7-15(21)9-13/h2-9,11,16-17H,10,21H2,1H3,(H2,22,23)/t16-,17-/m0/s1. The molecule has 0 radical (unpaired) electrons. The SMILES string of the molecule is Cn1c(N)nc([C@H]2C[C@H]2c2cccc(-c3cccc(N)c3)c2)cc1=O. The average molecular weight is 332 g/mol. The summed E-state index contributed by atoms with van der Waals surface area (Å²) < 4.78 is 1.36. The lowest BCUT2D eigenvalue weighted by Gasteiger charge is -2.07. The summed E-state index contributed by atoms with van der Waals surface area (Å²) in [5.41, 5.74) is 16.7. The molecule has 0 spiro atoms. The van der Waals surface area contributed by atoms with Crippen LogP contribution in [0.5, 0.6) is 0 Å². The van der Waals surface area contributed by atoms with Crippen LogP contribution in [0.4, 0.5) is 11.6 Å². The minimum Gasteiger partial charge on any atom is -0.399 e. The van der Waals surface area contributed by atoms with Gasteiger partial charge in [-0.15, -0.1) is 0 Å². The van der Waals surface area contributed by atoms with E-state index in [1.54, 1.807) is 13.1 Å². The Balaban J connectivity index is 1.62. The van der Waals surface area contributed by atoms with Gasteiger partial charge in [-0.25, -0.2) is 4.98 Å². The summed E-state index contributed by atoms with van der Waals surface area (Å²) in [5.74, 6) is 0.897. The fourth-order valence-electron chi connectivity index (χ4n) is 3.32. The van der Waals surface area contributed by atoms with Crippen LogP contribution in [0.3, 0.4) is 0 Å². The maximum absolute atomic E-state index is 11.9. The molecule has 1 aliphatic carbocycles. The molecule has 5 heteroatoms. The molecule has 2 aromatic carbocycles. The fourth-order valence-corrected chi connectivity index (χ4v) is 3.32. The van der Waals surface area contributed by atoms with Gasteiger partial charge in [0.15, 0.2) is 0 Å². The molecule has 0 amide bonds. The molecule has 25 heavy (non-hydrogen) atoms. The second-order valence-corrected chi connectivity index (χ2v) is 6.64. The van der Waals surface area contributed by atoms with Crippen LogP contribution in [-0.4, -0.2) is 9.55 Å². The number of hydrogen-bond donors (Lipinski definition) is 2. The van der Waals surface area contributed by atoms with Crippen LogP contribution in [0.1, 0.15) is 29.5 Å². The van der Waals surface area contributed by atoms with Gasteiger partial charge in [0.2, 0.25) is 5.95 Å². The van der Waals surface area contributed by atoms with E-state index >= 15 is 0 Å². The molecule has 0 bridgehead atoms. The molecule has 2 atom stereocenters. The average Bonchev–Trinajstić information content (AvgIpc) is 3.40. The quantitative estimate of drug-likeness (QED) is 0.722. The van der Waals surface area contributed by atoms with Gasteiger partial charge in [0, 0.05) is 24.7 Å². The Hall–Kier alpha value is -3.08. The highest BCUT2D eigenvalue weighted by molar-refractivity contribution is 5.68. The predicted molar refractivity (Wildman–Crippen MR) is 100 cm³/mol. The number of anilines is 2. The largest absolute Gasteiger partial charge is 0.399 e. The summed E-state index contributed by atoms with van der Waals surface area (Å²) in [6, 6.07) is 18.0. The van der Waals surface area contributed by atoms with Gasteiger partial charge in [0.25, 0.3) is 5.56 Å². The number of rotatable bonds is 3. The van der Waals surface area contributed by atoms with Crippen LogP contribution < -0.4 is 17.0 Å². The minimum atomic E-state index is -0.110. The normalized spacial score (nSPS) is 18.9. The van der Waals surface area contributed by atoms with Gasteiger partial charge in [0.1, 0.15) is 0 Å².